The van der Waals surface area contributed by atoms with Crippen molar-refractivity contribution < 1.29 is 0 Å². The van der Waals surface area contributed by atoms with E-state index in [4.69, 9.17) is 17.3 Å². The molecule has 0 saturated carbocycles. The molecule has 5 heteroatoms. The van der Waals surface area contributed by atoms with Crippen molar-refractivity contribution in [3.63, 3.8) is 0 Å². The summed E-state index contributed by atoms with van der Waals surface area (Å²) in [6.45, 7) is 0. The lowest BCUT2D eigenvalue weighted by Gasteiger charge is -1.96. The molecule has 56 valence electrons. The Morgan fingerprint density at radius 1 is 1.55 bits per heavy atom. The van der Waals surface area contributed by atoms with Crippen LogP contribution >= 0.6 is 11.6 Å². The van der Waals surface area contributed by atoms with Crippen LogP contribution in [0.25, 0.3) is 5.65 Å². The molecule has 0 spiro atoms. The molecular formula is C6H5ClN4. The molecule has 0 aromatic carbocycles. The number of hydrogen-bond donors (Lipinski definition) is 1. The predicted octanol–water partition coefficient (Wildman–Crippen LogP) is 0.965. The zero-order valence-corrected chi connectivity index (χ0v) is 6.28. The molecule has 2 aromatic rings. The summed E-state index contributed by atoms with van der Waals surface area (Å²) in [5.41, 5.74) is 6.16. The first-order chi connectivity index (χ1) is 5.27. The highest BCUT2D eigenvalue weighted by Gasteiger charge is 2.00. The quantitative estimate of drug-likeness (QED) is 0.638. The van der Waals surface area contributed by atoms with Crippen LogP contribution in [0.5, 0.6) is 0 Å². The van der Waals surface area contributed by atoms with Crippen molar-refractivity contribution in [1.82, 2.24) is 14.6 Å². The third-order valence-electron chi connectivity index (χ3n) is 1.36. The first-order valence-corrected chi connectivity index (χ1v) is 3.40. The van der Waals surface area contributed by atoms with Crippen LogP contribution in [-0.4, -0.2) is 14.6 Å². The van der Waals surface area contributed by atoms with Gasteiger partial charge in [0, 0.05) is 6.07 Å². The van der Waals surface area contributed by atoms with Crippen LogP contribution in [0, 0.1) is 0 Å². The van der Waals surface area contributed by atoms with E-state index in [2.05, 4.69) is 10.1 Å². The summed E-state index contributed by atoms with van der Waals surface area (Å²) in [7, 11) is 0. The molecule has 0 aliphatic carbocycles. The number of rotatable bonds is 0. The Labute approximate surface area is 67.6 Å². The lowest BCUT2D eigenvalue weighted by molar-refractivity contribution is 0.942. The summed E-state index contributed by atoms with van der Waals surface area (Å²) in [4.78, 5) is 3.98. The highest BCUT2D eigenvalue weighted by atomic mass is 35.5. The lowest BCUT2D eigenvalue weighted by atomic mass is 10.5. The number of halogens is 1. The minimum absolute atomic E-state index is 0.333. The molecule has 0 saturated heterocycles. The Morgan fingerprint density at radius 3 is 3.18 bits per heavy atom. The molecule has 0 fully saturated rings. The second kappa shape index (κ2) is 2.10. The van der Waals surface area contributed by atoms with E-state index in [1.54, 1.807) is 23.0 Å². The fourth-order valence-electron chi connectivity index (χ4n) is 0.846. The minimum Gasteiger partial charge on any atom is -0.382 e. The van der Waals surface area contributed by atoms with E-state index in [9.17, 15) is 0 Å². The predicted molar refractivity (Wildman–Crippen MR) is 42.4 cm³/mol. The molecule has 0 radical (unpaired) electrons. The van der Waals surface area contributed by atoms with Crippen molar-refractivity contribution in [2.24, 2.45) is 0 Å². The average Bonchev–Trinajstić information content (AvgIpc) is 2.36. The largest absolute Gasteiger partial charge is 0.382 e. The number of nitrogens with two attached hydrogens (primary N) is 1. The molecule has 4 nitrogen and oxygen atoms in total. The molecule has 2 aromatic heterocycles. The van der Waals surface area contributed by atoms with Crippen molar-refractivity contribution >= 4 is 23.1 Å². The molecule has 2 N–H and O–H groups in total. The minimum atomic E-state index is 0.333. The van der Waals surface area contributed by atoms with Crippen LogP contribution in [0.2, 0.25) is 5.02 Å². The van der Waals surface area contributed by atoms with Crippen molar-refractivity contribution in [3.05, 3.63) is 23.5 Å². The van der Waals surface area contributed by atoms with Gasteiger partial charge in [0.1, 0.15) is 10.8 Å². The monoisotopic (exact) mass is 168 g/mol. The van der Waals surface area contributed by atoms with Gasteiger partial charge >= 0.3 is 0 Å². The lowest BCUT2D eigenvalue weighted by Crippen LogP contribution is -1.96. The van der Waals surface area contributed by atoms with E-state index in [1.165, 1.54) is 0 Å². The van der Waals surface area contributed by atoms with Crippen molar-refractivity contribution in [1.29, 1.82) is 0 Å². The molecule has 2 heterocycles. The van der Waals surface area contributed by atoms with Crippen LogP contribution in [-0.2, 0) is 0 Å². The van der Waals surface area contributed by atoms with Crippen molar-refractivity contribution in [2.75, 3.05) is 5.73 Å². The van der Waals surface area contributed by atoms with Gasteiger partial charge in [-0.05, 0) is 0 Å². The molecule has 2 rings (SSSR count). The first-order valence-electron chi connectivity index (χ1n) is 3.03. The fraction of sp³-hybridized carbons (Fsp3) is 0. The standard InChI is InChI=1S/C6H5ClN4/c7-4-3-11-5(1-2-9-11)10-6(4)8/h1-3H,(H2,8,10). The summed E-state index contributed by atoms with van der Waals surface area (Å²) in [6, 6.07) is 1.76. The van der Waals surface area contributed by atoms with Crippen LogP contribution in [0.1, 0.15) is 0 Å². The number of fused-ring (bicyclic) bond motifs is 1. The number of aromatic nitrogens is 3. The Bertz CT molecular complexity index is 358. The summed E-state index contributed by atoms with van der Waals surface area (Å²) >= 11 is 5.70. The van der Waals surface area contributed by atoms with Gasteiger partial charge in [-0.15, -0.1) is 0 Å². The van der Waals surface area contributed by atoms with Crippen LogP contribution < -0.4 is 5.73 Å². The summed E-state index contributed by atoms with van der Waals surface area (Å²) in [5, 5.41) is 4.35. The van der Waals surface area contributed by atoms with E-state index in [0.717, 1.165) is 0 Å². The maximum absolute atomic E-state index is 5.70. The summed E-state index contributed by atoms with van der Waals surface area (Å²) in [6.07, 6.45) is 3.26. The van der Waals surface area contributed by atoms with Gasteiger partial charge in [-0.2, -0.15) is 5.10 Å². The Hall–Kier alpha value is -1.29. The van der Waals surface area contributed by atoms with Crippen molar-refractivity contribution in [2.45, 2.75) is 0 Å². The maximum Gasteiger partial charge on any atom is 0.157 e. The van der Waals surface area contributed by atoms with E-state index < -0.39 is 0 Å². The zero-order chi connectivity index (χ0) is 7.84. The molecular weight excluding hydrogens is 164 g/mol. The second-order valence-electron chi connectivity index (χ2n) is 2.11. The van der Waals surface area contributed by atoms with Gasteiger partial charge in [0.25, 0.3) is 0 Å². The average molecular weight is 169 g/mol. The van der Waals surface area contributed by atoms with Gasteiger partial charge in [-0.25, -0.2) is 9.50 Å². The van der Waals surface area contributed by atoms with Crippen LogP contribution in [0.4, 0.5) is 5.82 Å². The number of anilines is 1. The van der Waals surface area contributed by atoms with Gasteiger partial charge in [0.15, 0.2) is 5.65 Å². The molecule has 0 bridgehead atoms. The molecule has 11 heavy (non-hydrogen) atoms. The topological polar surface area (TPSA) is 56.2 Å². The van der Waals surface area contributed by atoms with Gasteiger partial charge in [-0.1, -0.05) is 11.6 Å². The van der Waals surface area contributed by atoms with Gasteiger partial charge < -0.3 is 5.73 Å². The van der Waals surface area contributed by atoms with Gasteiger partial charge in [0.2, 0.25) is 0 Å². The SMILES string of the molecule is Nc1nc2ccnn2cc1Cl. The molecule has 0 unspecified atom stereocenters. The smallest absolute Gasteiger partial charge is 0.157 e. The van der Waals surface area contributed by atoms with Gasteiger partial charge in [-0.3, -0.25) is 0 Å². The van der Waals surface area contributed by atoms with Crippen molar-refractivity contribution in [3.8, 4) is 0 Å². The fourth-order valence-corrected chi connectivity index (χ4v) is 0.980. The van der Waals surface area contributed by atoms with E-state index in [0.29, 0.717) is 16.5 Å². The first kappa shape index (κ1) is 6.42. The summed E-state index contributed by atoms with van der Waals surface area (Å²) < 4.78 is 1.57. The van der Waals surface area contributed by atoms with E-state index in [1.807, 2.05) is 0 Å². The Kier molecular flexibility index (Phi) is 1.22. The highest BCUT2D eigenvalue weighted by Crippen LogP contribution is 2.15. The number of nitrogen functional groups attached to an aromatic ring is 1. The normalized spacial score (nSPS) is 10.6. The van der Waals surface area contributed by atoms with E-state index in [-0.39, 0.29) is 0 Å². The molecule has 0 aliphatic heterocycles. The summed E-state index contributed by atoms with van der Waals surface area (Å²) in [5.74, 6) is 0.333. The van der Waals surface area contributed by atoms with E-state index >= 15 is 0 Å². The number of hydrogen-bond acceptors (Lipinski definition) is 3. The third-order valence-corrected chi connectivity index (χ3v) is 1.66. The maximum atomic E-state index is 5.70. The third kappa shape index (κ3) is 0.914. The molecule has 0 aliphatic rings. The van der Waals surface area contributed by atoms with Gasteiger partial charge in [0.05, 0.1) is 12.4 Å². The Balaban J connectivity index is 2.86. The van der Waals surface area contributed by atoms with Crippen LogP contribution in [0.3, 0.4) is 0 Å². The number of nitrogens with zero attached hydrogens (tertiary/aromatic N) is 3. The highest BCUT2D eigenvalue weighted by molar-refractivity contribution is 6.32. The second-order valence-corrected chi connectivity index (χ2v) is 2.52. The molecule has 0 amide bonds. The zero-order valence-electron chi connectivity index (χ0n) is 5.53. The Morgan fingerprint density at radius 2 is 2.36 bits per heavy atom. The molecule has 0 atom stereocenters. The van der Waals surface area contributed by atoms with Crippen LogP contribution in [0.15, 0.2) is 18.5 Å².